The van der Waals surface area contributed by atoms with Gasteiger partial charge in [-0.05, 0) is 13.0 Å². The number of hydrogen-bond acceptors (Lipinski definition) is 6. The topological polar surface area (TPSA) is 106 Å². The first-order chi connectivity index (χ1) is 14.0. The summed E-state index contributed by atoms with van der Waals surface area (Å²) < 4.78 is 35.2. The van der Waals surface area contributed by atoms with Crippen LogP contribution in [0, 0.1) is 17.7 Å². The number of nitrogens with two attached hydrogens (primary N) is 1. The van der Waals surface area contributed by atoms with Gasteiger partial charge < -0.3 is 20.5 Å². The average Bonchev–Trinajstić information content (AvgIpc) is 3.22. The maximum atomic E-state index is 15.1. The Bertz CT molecular complexity index is 1150. The minimum absolute atomic E-state index is 0.0392. The molecule has 1 saturated heterocycles. The number of hydrogen-bond donors (Lipinski definition) is 2. The average molecular weight is 433 g/mol. The Morgan fingerprint density at radius 1 is 1.47 bits per heavy atom. The van der Waals surface area contributed by atoms with Crippen molar-refractivity contribution < 1.29 is 28.2 Å². The second-order valence-corrected chi connectivity index (χ2v) is 8.46. The summed E-state index contributed by atoms with van der Waals surface area (Å²) in [6, 6.07) is 2.34. The molecule has 2 atom stereocenters. The Balaban J connectivity index is 1.84. The van der Waals surface area contributed by atoms with Crippen molar-refractivity contribution in [3.63, 3.8) is 0 Å². The van der Waals surface area contributed by atoms with E-state index in [2.05, 4.69) is 16.8 Å². The van der Waals surface area contributed by atoms with E-state index in [4.69, 9.17) is 10.5 Å². The summed E-state index contributed by atoms with van der Waals surface area (Å²) in [6.45, 7) is 1.20. The standard InChI is InChI=1S/C20H17F2N3O4S/c1-19(22)9-29-13-8-12(21)10(3-4-20(28)5-6-25(2)18(20)27)7-11(13)14-15(19)30-17(24-14)16(23)26/h7-8,28H,5-6,9H2,1-2H3,(H2,23,26)/t19?,20-/m0/s1. The number of nitrogens with zero attached hydrogens (tertiary/aromatic N) is 2. The van der Waals surface area contributed by atoms with Crippen molar-refractivity contribution in [3.8, 4) is 28.8 Å². The van der Waals surface area contributed by atoms with Gasteiger partial charge in [-0.15, -0.1) is 11.3 Å². The molecule has 0 spiro atoms. The van der Waals surface area contributed by atoms with E-state index in [1.54, 1.807) is 0 Å². The zero-order valence-electron chi connectivity index (χ0n) is 16.1. The highest BCUT2D eigenvalue weighted by Gasteiger charge is 2.42. The largest absolute Gasteiger partial charge is 0.489 e. The van der Waals surface area contributed by atoms with Gasteiger partial charge in [0.25, 0.3) is 11.8 Å². The van der Waals surface area contributed by atoms with E-state index in [1.165, 1.54) is 24.9 Å². The minimum atomic E-state index is -1.97. The number of fused-ring (bicyclic) bond motifs is 3. The van der Waals surface area contributed by atoms with Crippen LogP contribution in [-0.2, 0) is 10.5 Å². The molecular formula is C20H17F2N3O4S. The van der Waals surface area contributed by atoms with Crippen LogP contribution in [0.15, 0.2) is 12.1 Å². The third-order valence-electron chi connectivity index (χ3n) is 5.05. The van der Waals surface area contributed by atoms with Gasteiger partial charge in [0, 0.05) is 31.6 Å². The van der Waals surface area contributed by atoms with Gasteiger partial charge in [-0.3, -0.25) is 9.59 Å². The van der Waals surface area contributed by atoms with Crippen LogP contribution in [0.3, 0.4) is 0 Å². The lowest BCUT2D eigenvalue weighted by atomic mass is 10.00. The number of amides is 2. The van der Waals surface area contributed by atoms with E-state index in [-0.39, 0.29) is 38.9 Å². The highest BCUT2D eigenvalue weighted by molar-refractivity contribution is 7.14. The SMILES string of the molecule is CN1CC[C@@](O)(C#Cc2cc3c(cc2F)OCC(C)(F)c2sc(C(N)=O)nc2-3)C1=O. The lowest BCUT2D eigenvalue weighted by Gasteiger charge is -2.16. The minimum Gasteiger partial charge on any atom is -0.489 e. The number of likely N-dealkylation sites (N-methyl/N-ethyl adjacent to an activating group) is 1. The van der Waals surface area contributed by atoms with Crippen molar-refractivity contribution in [1.82, 2.24) is 9.88 Å². The number of halogens is 2. The third-order valence-corrected chi connectivity index (χ3v) is 6.36. The van der Waals surface area contributed by atoms with Gasteiger partial charge in [0.15, 0.2) is 10.7 Å². The van der Waals surface area contributed by atoms with Gasteiger partial charge in [0.2, 0.25) is 5.60 Å². The molecule has 2 aromatic rings. The number of aliphatic hydroxyl groups is 1. The predicted molar refractivity (Wildman–Crippen MR) is 104 cm³/mol. The van der Waals surface area contributed by atoms with Crippen LogP contribution in [0.1, 0.15) is 33.6 Å². The Morgan fingerprint density at radius 3 is 2.83 bits per heavy atom. The molecule has 2 aliphatic heterocycles. The first-order valence-corrected chi connectivity index (χ1v) is 9.81. The Kier molecular flexibility index (Phi) is 4.56. The first kappa shape index (κ1) is 20.3. The number of benzene rings is 1. The van der Waals surface area contributed by atoms with Crippen LogP contribution < -0.4 is 10.5 Å². The molecule has 0 radical (unpaired) electrons. The van der Waals surface area contributed by atoms with Gasteiger partial charge in [-0.1, -0.05) is 11.8 Å². The second-order valence-electron chi connectivity index (χ2n) is 7.46. The number of rotatable bonds is 1. The number of alkyl halides is 1. The van der Waals surface area contributed by atoms with Gasteiger partial charge in [0.1, 0.15) is 18.2 Å². The fourth-order valence-electron chi connectivity index (χ4n) is 3.34. The highest BCUT2D eigenvalue weighted by Crippen LogP contribution is 2.45. The van der Waals surface area contributed by atoms with E-state index in [1.807, 2.05) is 0 Å². The number of primary amides is 1. The molecule has 1 unspecified atom stereocenters. The molecule has 0 aliphatic carbocycles. The molecule has 2 aliphatic rings. The van der Waals surface area contributed by atoms with Gasteiger partial charge in [-0.2, -0.15) is 0 Å². The van der Waals surface area contributed by atoms with Crippen LogP contribution in [0.5, 0.6) is 5.75 Å². The van der Waals surface area contributed by atoms with Crippen molar-refractivity contribution in [1.29, 1.82) is 0 Å². The number of carbonyl (C=O) groups is 2. The van der Waals surface area contributed by atoms with E-state index in [9.17, 15) is 19.1 Å². The lowest BCUT2D eigenvalue weighted by molar-refractivity contribution is -0.137. The maximum absolute atomic E-state index is 15.1. The highest BCUT2D eigenvalue weighted by atomic mass is 32.1. The fraction of sp³-hybridized carbons (Fsp3) is 0.350. The molecule has 10 heteroatoms. The number of ether oxygens (including phenoxy) is 1. The predicted octanol–water partition coefficient (Wildman–Crippen LogP) is 1.57. The van der Waals surface area contributed by atoms with Crippen LogP contribution in [0.2, 0.25) is 0 Å². The maximum Gasteiger partial charge on any atom is 0.277 e. The van der Waals surface area contributed by atoms with Crippen LogP contribution in [-0.4, -0.2) is 52.6 Å². The number of carbonyl (C=O) groups excluding carboxylic acids is 2. The van der Waals surface area contributed by atoms with Crippen molar-refractivity contribution in [3.05, 3.63) is 33.4 Å². The molecule has 1 fully saturated rings. The van der Waals surface area contributed by atoms with Crippen molar-refractivity contribution in [2.75, 3.05) is 20.2 Å². The van der Waals surface area contributed by atoms with Crippen LogP contribution in [0.25, 0.3) is 11.3 Å². The second kappa shape index (κ2) is 6.75. The molecule has 156 valence electrons. The molecule has 3 N–H and O–H groups in total. The van der Waals surface area contributed by atoms with Crippen molar-refractivity contribution >= 4 is 23.2 Å². The molecule has 0 bridgehead atoms. The Morgan fingerprint density at radius 2 is 2.20 bits per heavy atom. The Hall–Kier alpha value is -3.03. The first-order valence-electron chi connectivity index (χ1n) is 9.00. The number of thiazole rings is 1. The lowest BCUT2D eigenvalue weighted by Crippen LogP contribution is -2.37. The summed E-state index contributed by atoms with van der Waals surface area (Å²) in [5.74, 6) is 2.87. The van der Waals surface area contributed by atoms with Gasteiger partial charge >= 0.3 is 0 Å². The van der Waals surface area contributed by atoms with Crippen molar-refractivity contribution in [2.24, 2.45) is 5.73 Å². The van der Waals surface area contributed by atoms with Crippen molar-refractivity contribution in [2.45, 2.75) is 24.6 Å². The number of aromatic nitrogens is 1. The molecule has 30 heavy (non-hydrogen) atoms. The van der Waals surface area contributed by atoms with E-state index < -0.39 is 35.5 Å². The zero-order valence-corrected chi connectivity index (χ0v) is 16.9. The summed E-state index contributed by atoms with van der Waals surface area (Å²) in [5, 5.41) is 10.4. The van der Waals surface area contributed by atoms with Gasteiger partial charge in [-0.25, -0.2) is 13.8 Å². The molecule has 7 nitrogen and oxygen atoms in total. The summed E-state index contributed by atoms with van der Waals surface area (Å²) >= 11 is 0.810. The quantitative estimate of drug-likeness (QED) is 0.665. The molecular weight excluding hydrogens is 416 g/mol. The summed E-state index contributed by atoms with van der Waals surface area (Å²) in [5.41, 5.74) is 1.65. The molecule has 2 amide bonds. The molecule has 1 aromatic heterocycles. The molecule has 4 rings (SSSR count). The normalized spacial score (nSPS) is 25.0. The van der Waals surface area contributed by atoms with E-state index in [0.717, 1.165) is 17.4 Å². The van der Waals surface area contributed by atoms with E-state index in [0.29, 0.717) is 6.54 Å². The van der Waals surface area contributed by atoms with Gasteiger partial charge in [0.05, 0.1) is 16.1 Å². The monoisotopic (exact) mass is 433 g/mol. The van der Waals surface area contributed by atoms with Crippen LogP contribution in [0.4, 0.5) is 8.78 Å². The summed E-state index contributed by atoms with van der Waals surface area (Å²) in [4.78, 5) is 29.2. The molecule has 0 saturated carbocycles. The number of likely N-dealkylation sites (tertiary alicyclic amines) is 1. The zero-order chi connectivity index (χ0) is 21.8. The summed E-state index contributed by atoms with van der Waals surface area (Å²) in [7, 11) is 1.54. The summed E-state index contributed by atoms with van der Waals surface area (Å²) in [6.07, 6.45) is 0.101. The Labute approximate surface area is 174 Å². The molecule has 3 heterocycles. The smallest absolute Gasteiger partial charge is 0.277 e. The molecule has 1 aromatic carbocycles. The van der Waals surface area contributed by atoms with Crippen LogP contribution >= 0.6 is 11.3 Å². The van der Waals surface area contributed by atoms with E-state index >= 15 is 4.39 Å². The fourth-order valence-corrected chi connectivity index (χ4v) is 4.29. The third kappa shape index (κ3) is 3.20.